The molecule has 0 amide bonds. The normalized spacial score (nSPS) is 14.7. The molecule has 1 rings (SSSR count). The van der Waals surface area contributed by atoms with Crippen molar-refractivity contribution in [2.45, 2.75) is 32.5 Å². The van der Waals surface area contributed by atoms with Gasteiger partial charge in [0.05, 0.1) is 13.7 Å². The molecule has 0 aromatic heterocycles. The van der Waals surface area contributed by atoms with E-state index >= 15 is 0 Å². The van der Waals surface area contributed by atoms with E-state index in [9.17, 15) is 5.11 Å². The summed E-state index contributed by atoms with van der Waals surface area (Å²) in [5.41, 5.74) is 7.26. The molecule has 0 aliphatic rings. The summed E-state index contributed by atoms with van der Waals surface area (Å²) in [5, 5.41) is 9.57. The van der Waals surface area contributed by atoms with Gasteiger partial charge in [-0.05, 0) is 19.0 Å². The molecule has 108 valence electrons. The molecule has 1 aromatic carbocycles. The maximum Gasteiger partial charge on any atom is 0.123 e. The van der Waals surface area contributed by atoms with E-state index in [1.165, 1.54) is 0 Å². The van der Waals surface area contributed by atoms with E-state index in [1.54, 1.807) is 7.11 Å². The Balaban J connectivity index is 2.79. The molecule has 0 spiro atoms. The summed E-state index contributed by atoms with van der Waals surface area (Å²) in [6.45, 7) is 4.91. The fraction of sp³-hybridized carbons (Fsp3) is 0.600. The fourth-order valence-corrected chi connectivity index (χ4v) is 2.22. The predicted octanol–water partition coefficient (Wildman–Crippen LogP) is 1.47. The van der Waals surface area contributed by atoms with Crippen molar-refractivity contribution in [2.24, 2.45) is 11.7 Å². The topological polar surface area (TPSA) is 58.7 Å². The third kappa shape index (κ3) is 4.20. The van der Waals surface area contributed by atoms with Gasteiger partial charge in [-0.3, -0.25) is 4.90 Å². The van der Waals surface area contributed by atoms with Crippen LogP contribution in [0.3, 0.4) is 0 Å². The van der Waals surface area contributed by atoms with Crippen molar-refractivity contribution in [3.63, 3.8) is 0 Å². The van der Waals surface area contributed by atoms with Gasteiger partial charge in [0.15, 0.2) is 0 Å². The summed E-state index contributed by atoms with van der Waals surface area (Å²) in [6.07, 6.45) is 0. The van der Waals surface area contributed by atoms with Crippen molar-refractivity contribution in [3.05, 3.63) is 29.8 Å². The zero-order valence-electron chi connectivity index (χ0n) is 12.3. The van der Waals surface area contributed by atoms with Gasteiger partial charge in [-0.1, -0.05) is 32.0 Å². The van der Waals surface area contributed by atoms with Crippen LogP contribution < -0.4 is 10.5 Å². The average Bonchev–Trinajstić information content (AvgIpc) is 2.39. The molecule has 0 saturated heterocycles. The standard InChI is InChI=1S/C15H26N2O2/c1-11(2)15(16)13(10-18)17(3)9-12-7-5-6-8-14(12)19-4/h5-8,11,13,15,18H,9-10,16H2,1-4H3. The summed E-state index contributed by atoms with van der Waals surface area (Å²) >= 11 is 0. The lowest BCUT2D eigenvalue weighted by molar-refractivity contribution is 0.107. The van der Waals surface area contributed by atoms with Gasteiger partial charge in [-0.25, -0.2) is 0 Å². The summed E-state index contributed by atoms with van der Waals surface area (Å²) < 4.78 is 5.35. The molecular formula is C15H26N2O2. The highest BCUT2D eigenvalue weighted by atomic mass is 16.5. The first-order valence-corrected chi connectivity index (χ1v) is 6.69. The van der Waals surface area contributed by atoms with E-state index < -0.39 is 0 Å². The Bertz CT molecular complexity index is 382. The zero-order valence-corrected chi connectivity index (χ0v) is 12.3. The lowest BCUT2D eigenvalue weighted by Gasteiger charge is -2.33. The van der Waals surface area contributed by atoms with Crippen LogP contribution in [-0.4, -0.2) is 42.9 Å². The Morgan fingerprint density at radius 3 is 2.47 bits per heavy atom. The highest BCUT2D eigenvalue weighted by Crippen LogP contribution is 2.20. The number of methoxy groups -OCH3 is 1. The van der Waals surface area contributed by atoms with Crippen molar-refractivity contribution in [1.82, 2.24) is 4.90 Å². The van der Waals surface area contributed by atoms with E-state index in [0.29, 0.717) is 12.5 Å². The van der Waals surface area contributed by atoms with Crippen LogP contribution in [0.5, 0.6) is 5.75 Å². The Morgan fingerprint density at radius 1 is 1.32 bits per heavy atom. The Morgan fingerprint density at radius 2 is 1.95 bits per heavy atom. The van der Waals surface area contributed by atoms with Gasteiger partial charge in [0, 0.05) is 24.2 Å². The number of para-hydroxylation sites is 1. The molecule has 2 unspecified atom stereocenters. The van der Waals surface area contributed by atoms with Crippen molar-refractivity contribution < 1.29 is 9.84 Å². The minimum absolute atomic E-state index is 0.0510. The van der Waals surface area contributed by atoms with Crippen LogP contribution >= 0.6 is 0 Å². The average molecular weight is 266 g/mol. The second-order valence-electron chi connectivity index (χ2n) is 5.30. The highest BCUT2D eigenvalue weighted by Gasteiger charge is 2.24. The summed E-state index contributed by atoms with van der Waals surface area (Å²) in [6, 6.07) is 7.81. The Hall–Kier alpha value is -1.10. The minimum atomic E-state index is -0.0512. The van der Waals surface area contributed by atoms with E-state index in [4.69, 9.17) is 10.5 Å². The van der Waals surface area contributed by atoms with Crippen molar-refractivity contribution in [2.75, 3.05) is 20.8 Å². The van der Waals surface area contributed by atoms with E-state index in [1.807, 2.05) is 31.3 Å². The van der Waals surface area contributed by atoms with Gasteiger partial charge < -0.3 is 15.6 Å². The second-order valence-corrected chi connectivity index (χ2v) is 5.30. The third-order valence-corrected chi connectivity index (χ3v) is 3.58. The molecule has 3 N–H and O–H groups in total. The van der Waals surface area contributed by atoms with Gasteiger partial charge in [-0.15, -0.1) is 0 Å². The minimum Gasteiger partial charge on any atom is -0.496 e. The van der Waals surface area contributed by atoms with E-state index in [2.05, 4.69) is 18.7 Å². The maximum atomic E-state index is 9.57. The number of hydrogen-bond donors (Lipinski definition) is 2. The molecule has 4 nitrogen and oxygen atoms in total. The van der Waals surface area contributed by atoms with Crippen LogP contribution in [0.2, 0.25) is 0 Å². The number of rotatable bonds is 7. The number of ether oxygens (including phenoxy) is 1. The number of likely N-dealkylation sites (N-methyl/N-ethyl adjacent to an activating group) is 1. The van der Waals surface area contributed by atoms with Crippen LogP contribution in [0.1, 0.15) is 19.4 Å². The van der Waals surface area contributed by atoms with Crippen molar-refractivity contribution in [3.8, 4) is 5.75 Å². The number of aliphatic hydroxyl groups is 1. The summed E-state index contributed by atoms with van der Waals surface area (Å²) in [7, 11) is 3.65. The molecule has 0 fully saturated rings. The monoisotopic (exact) mass is 266 g/mol. The number of aliphatic hydroxyl groups excluding tert-OH is 1. The summed E-state index contributed by atoms with van der Waals surface area (Å²) in [4.78, 5) is 2.09. The number of nitrogens with zero attached hydrogens (tertiary/aromatic N) is 1. The lowest BCUT2D eigenvalue weighted by atomic mass is 9.96. The molecule has 1 aromatic rings. The molecule has 19 heavy (non-hydrogen) atoms. The lowest BCUT2D eigenvalue weighted by Crippen LogP contribution is -2.50. The molecule has 0 saturated carbocycles. The van der Waals surface area contributed by atoms with Gasteiger partial charge in [0.1, 0.15) is 5.75 Å². The predicted molar refractivity (Wildman–Crippen MR) is 78.1 cm³/mol. The van der Waals surface area contributed by atoms with Crippen LogP contribution in [0.4, 0.5) is 0 Å². The molecule has 0 aliphatic heterocycles. The van der Waals surface area contributed by atoms with Crippen molar-refractivity contribution in [1.29, 1.82) is 0 Å². The SMILES string of the molecule is COc1ccccc1CN(C)C(CO)C(N)C(C)C. The molecule has 0 bridgehead atoms. The maximum absolute atomic E-state index is 9.57. The van der Waals surface area contributed by atoms with Crippen LogP contribution in [-0.2, 0) is 6.54 Å². The van der Waals surface area contributed by atoms with Gasteiger partial charge in [0.2, 0.25) is 0 Å². The summed E-state index contributed by atoms with van der Waals surface area (Å²) in [5.74, 6) is 1.20. The largest absolute Gasteiger partial charge is 0.496 e. The van der Waals surface area contributed by atoms with Gasteiger partial charge in [-0.2, -0.15) is 0 Å². The highest BCUT2D eigenvalue weighted by molar-refractivity contribution is 5.33. The van der Waals surface area contributed by atoms with Crippen LogP contribution in [0.25, 0.3) is 0 Å². The van der Waals surface area contributed by atoms with Crippen LogP contribution in [0.15, 0.2) is 24.3 Å². The molecular weight excluding hydrogens is 240 g/mol. The van der Waals surface area contributed by atoms with Crippen molar-refractivity contribution >= 4 is 0 Å². The zero-order chi connectivity index (χ0) is 14.4. The Kier molecular flexibility index (Phi) is 6.28. The smallest absolute Gasteiger partial charge is 0.123 e. The molecule has 0 aliphatic carbocycles. The fourth-order valence-electron chi connectivity index (χ4n) is 2.22. The van der Waals surface area contributed by atoms with Gasteiger partial charge >= 0.3 is 0 Å². The molecule has 0 heterocycles. The Labute approximate surface area is 116 Å². The number of hydrogen-bond acceptors (Lipinski definition) is 4. The quantitative estimate of drug-likeness (QED) is 0.784. The molecule has 2 atom stereocenters. The van der Waals surface area contributed by atoms with Gasteiger partial charge in [0.25, 0.3) is 0 Å². The molecule has 0 radical (unpaired) electrons. The van der Waals surface area contributed by atoms with E-state index in [-0.39, 0.29) is 18.7 Å². The van der Waals surface area contributed by atoms with E-state index in [0.717, 1.165) is 11.3 Å². The molecule has 4 heteroatoms. The first kappa shape index (κ1) is 16.0. The number of nitrogens with two attached hydrogens (primary N) is 1. The first-order chi connectivity index (χ1) is 9.01. The van der Waals surface area contributed by atoms with Crippen LogP contribution in [0, 0.1) is 5.92 Å². The number of benzene rings is 1. The third-order valence-electron chi connectivity index (χ3n) is 3.58. The first-order valence-electron chi connectivity index (χ1n) is 6.69. The second kappa shape index (κ2) is 7.48.